The first-order valence-corrected chi connectivity index (χ1v) is 11.6. The average Bonchev–Trinajstić information content (AvgIpc) is 2.94. The minimum atomic E-state index is 0.603. The lowest BCUT2D eigenvalue weighted by atomic mass is 9.92. The summed E-state index contributed by atoms with van der Waals surface area (Å²) in [5, 5.41) is 0. The highest BCUT2D eigenvalue weighted by Gasteiger charge is 2.40. The van der Waals surface area contributed by atoms with Gasteiger partial charge in [0.2, 0.25) is 5.95 Å². The standard InChI is InChI=1S/C20H33N5S/c1-23-14-18-6-7-19(15-23)25(18)20-21-11-17(12-22-20)16-5-3-8-24(13-16)9-4-10-26-2/h11-12,16,18-19H,3-10,13-15H2,1-2H3. The summed E-state index contributed by atoms with van der Waals surface area (Å²) >= 11 is 1.95. The molecule has 0 amide bonds. The van der Waals surface area contributed by atoms with E-state index >= 15 is 0 Å². The van der Waals surface area contributed by atoms with Gasteiger partial charge in [-0.3, -0.25) is 0 Å². The predicted molar refractivity (Wildman–Crippen MR) is 110 cm³/mol. The Hall–Kier alpha value is -0.850. The molecule has 3 aliphatic heterocycles. The number of piperazine rings is 1. The van der Waals surface area contributed by atoms with Crippen LogP contribution in [-0.2, 0) is 0 Å². The molecule has 3 unspecified atom stereocenters. The minimum absolute atomic E-state index is 0.603. The SMILES string of the molecule is CSCCCN1CCCC(c2cnc(N3C4CCC3CN(C)C4)nc2)C1. The Labute approximate surface area is 162 Å². The van der Waals surface area contributed by atoms with E-state index in [4.69, 9.17) is 9.97 Å². The zero-order valence-corrected chi connectivity index (χ0v) is 17.1. The van der Waals surface area contributed by atoms with Crippen LogP contribution in [0.5, 0.6) is 0 Å². The van der Waals surface area contributed by atoms with Crippen molar-refractivity contribution in [3.8, 4) is 0 Å². The average molecular weight is 376 g/mol. The van der Waals surface area contributed by atoms with Gasteiger partial charge in [0.25, 0.3) is 0 Å². The number of fused-ring (bicyclic) bond motifs is 2. The van der Waals surface area contributed by atoms with E-state index in [0.29, 0.717) is 18.0 Å². The number of thioether (sulfide) groups is 1. The summed E-state index contributed by atoms with van der Waals surface area (Å²) in [5.41, 5.74) is 1.34. The van der Waals surface area contributed by atoms with Crippen LogP contribution in [0.15, 0.2) is 12.4 Å². The van der Waals surface area contributed by atoms with Crippen LogP contribution in [0.3, 0.4) is 0 Å². The molecule has 4 rings (SSSR count). The van der Waals surface area contributed by atoms with E-state index in [-0.39, 0.29) is 0 Å². The van der Waals surface area contributed by atoms with Crippen molar-refractivity contribution in [3.05, 3.63) is 18.0 Å². The van der Waals surface area contributed by atoms with Gasteiger partial charge in [0.1, 0.15) is 0 Å². The van der Waals surface area contributed by atoms with Gasteiger partial charge < -0.3 is 14.7 Å². The first kappa shape index (κ1) is 18.5. The van der Waals surface area contributed by atoms with E-state index in [2.05, 4.69) is 40.4 Å². The van der Waals surface area contributed by atoms with Gasteiger partial charge in [-0.05, 0) is 75.7 Å². The van der Waals surface area contributed by atoms with E-state index in [1.807, 2.05) is 11.8 Å². The van der Waals surface area contributed by atoms with Gasteiger partial charge in [-0.25, -0.2) is 9.97 Å². The molecule has 26 heavy (non-hydrogen) atoms. The Morgan fingerprint density at radius 3 is 2.50 bits per heavy atom. The molecule has 1 aromatic rings. The zero-order valence-electron chi connectivity index (χ0n) is 16.3. The monoisotopic (exact) mass is 375 g/mol. The number of anilines is 1. The Bertz CT molecular complexity index is 566. The molecule has 0 aliphatic carbocycles. The number of hydrogen-bond acceptors (Lipinski definition) is 6. The maximum atomic E-state index is 4.82. The first-order chi connectivity index (χ1) is 12.7. The zero-order chi connectivity index (χ0) is 17.9. The summed E-state index contributed by atoms with van der Waals surface area (Å²) in [6.45, 7) is 5.97. The van der Waals surface area contributed by atoms with E-state index in [9.17, 15) is 0 Å². The largest absolute Gasteiger partial charge is 0.332 e. The molecular formula is C20H33N5S. The second kappa shape index (κ2) is 8.44. The summed E-state index contributed by atoms with van der Waals surface area (Å²) in [7, 11) is 2.24. The Morgan fingerprint density at radius 1 is 1.08 bits per heavy atom. The first-order valence-electron chi connectivity index (χ1n) is 10.2. The van der Waals surface area contributed by atoms with Gasteiger partial charge in [0, 0.05) is 44.1 Å². The van der Waals surface area contributed by atoms with E-state index in [1.54, 1.807) is 0 Å². The number of nitrogens with zero attached hydrogens (tertiary/aromatic N) is 5. The van der Waals surface area contributed by atoms with Crippen molar-refractivity contribution >= 4 is 17.7 Å². The third-order valence-corrected chi connectivity index (χ3v) is 7.05. The van der Waals surface area contributed by atoms with Crippen molar-refractivity contribution in [2.45, 2.75) is 50.1 Å². The van der Waals surface area contributed by atoms with Gasteiger partial charge in [-0.1, -0.05) is 0 Å². The molecule has 3 atom stereocenters. The Balaban J connectivity index is 1.38. The molecule has 3 fully saturated rings. The second-order valence-corrected chi connectivity index (χ2v) is 9.30. The van der Waals surface area contributed by atoms with E-state index < -0.39 is 0 Å². The minimum Gasteiger partial charge on any atom is -0.332 e. The topological polar surface area (TPSA) is 35.5 Å². The van der Waals surface area contributed by atoms with Crippen molar-refractivity contribution in [1.29, 1.82) is 0 Å². The van der Waals surface area contributed by atoms with Crippen LogP contribution in [0.4, 0.5) is 5.95 Å². The summed E-state index contributed by atoms with van der Waals surface area (Å²) in [5.74, 6) is 2.84. The maximum Gasteiger partial charge on any atom is 0.225 e. The fourth-order valence-electron chi connectivity index (χ4n) is 5.08. The summed E-state index contributed by atoms with van der Waals surface area (Å²) in [4.78, 5) is 17.2. The van der Waals surface area contributed by atoms with E-state index in [1.165, 1.54) is 63.1 Å². The molecule has 3 aliphatic rings. The van der Waals surface area contributed by atoms with Gasteiger partial charge in [-0.15, -0.1) is 0 Å². The van der Waals surface area contributed by atoms with Crippen LogP contribution in [0.2, 0.25) is 0 Å². The Kier molecular flexibility index (Phi) is 6.01. The van der Waals surface area contributed by atoms with Crippen molar-refractivity contribution in [1.82, 2.24) is 19.8 Å². The van der Waals surface area contributed by atoms with Crippen LogP contribution in [0.25, 0.3) is 0 Å². The van der Waals surface area contributed by atoms with E-state index in [0.717, 1.165) is 19.0 Å². The van der Waals surface area contributed by atoms with Crippen LogP contribution in [0, 0.1) is 0 Å². The van der Waals surface area contributed by atoms with Gasteiger partial charge in [0.05, 0.1) is 0 Å². The molecule has 0 spiro atoms. The summed E-state index contributed by atoms with van der Waals surface area (Å²) in [6.07, 6.45) is 12.9. The fraction of sp³-hybridized carbons (Fsp3) is 0.800. The number of hydrogen-bond donors (Lipinski definition) is 0. The van der Waals surface area contributed by atoms with Gasteiger partial charge in [0.15, 0.2) is 0 Å². The fourth-order valence-corrected chi connectivity index (χ4v) is 5.50. The quantitative estimate of drug-likeness (QED) is 0.712. The third kappa shape index (κ3) is 4.02. The van der Waals surface area contributed by atoms with Crippen molar-refractivity contribution in [2.75, 3.05) is 56.7 Å². The molecule has 1 aromatic heterocycles. The molecule has 0 N–H and O–H groups in total. The number of rotatable bonds is 6. The molecule has 4 heterocycles. The number of likely N-dealkylation sites (N-methyl/N-ethyl adjacent to an activating group) is 1. The van der Waals surface area contributed by atoms with Crippen LogP contribution in [0.1, 0.15) is 43.6 Å². The summed E-state index contributed by atoms with van der Waals surface area (Å²) < 4.78 is 0. The lowest BCUT2D eigenvalue weighted by Gasteiger charge is -2.39. The van der Waals surface area contributed by atoms with Gasteiger partial charge in [-0.2, -0.15) is 11.8 Å². The lowest BCUT2D eigenvalue weighted by molar-refractivity contribution is 0.208. The van der Waals surface area contributed by atoms with Crippen molar-refractivity contribution in [3.63, 3.8) is 0 Å². The van der Waals surface area contributed by atoms with Crippen molar-refractivity contribution < 1.29 is 0 Å². The van der Waals surface area contributed by atoms with Crippen LogP contribution >= 0.6 is 11.8 Å². The molecule has 144 valence electrons. The third-order valence-electron chi connectivity index (χ3n) is 6.35. The maximum absolute atomic E-state index is 4.82. The molecule has 0 aromatic carbocycles. The van der Waals surface area contributed by atoms with Crippen molar-refractivity contribution in [2.24, 2.45) is 0 Å². The lowest BCUT2D eigenvalue weighted by Crippen LogP contribution is -2.53. The van der Waals surface area contributed by atoms with Crippen LogP contribution < -0.4 is 4.90 Å². The summed E-state index contributed by atoms with van der Waals surface area (Å²) in [6, 6.07) is 1.21. The highest BCUT2D eigenvalue weighted by molar-refractivity contribution is 7.98. The molecule has 0 radical (unpaired) electrons. The number of aromatic nitrogens is 2. The Morgan fingerprint density at radius 2 is 1.81 bits per heavy atom. The predicted octanol–water partition coefficient (Wildman–Crippen LogP) is 2.69. The number of piperidine rings is 1. The molecule has 6 heteroatoms. The highest BCUT2D eigenvalue weighted by atomic mass is 32.2. The molecular weight excluding hydrogens is 342 g/mol. The molecule has 0 saturated carbocycles. The van der Waals surface area contributed by atoms with Crippen LogP contribution in [-0.4, -0.2) is 83.6 Å². The molecule has 3 saturated heterocycles. The second-order valence-electron chi connectivity index (χ2n) is 8.32. The molecule has 2 bridgehead atoms. The highest BCUT2D eigenvalue weighted by Crippen LogP contribution is 2.33. The number of likely N-dealkylation sites (tertiary alicyclic amines) is 2. The molecule has 5 nitrogen and oxygen atoms in total. The normalized spacial score (nSPS) is 30.1. The van der Waals surface area contributed by atoms with Gasteiger partial charge >= 0.3 is 0 Å². The smallest absolute Gasteiger partial charge is 0.225 e.